The Morgan fingerprint density at radius 2 is 2.00 bits per heavy atom. The predicted octanol–water partition coefficient (Wildman–Crippen LogP) is 4.10. The van der Waals surface area contributed by atoms with E-state index in [-0.39, 0.29) is 0 Å². The number of hydrogen-bond acceptors (Lipinski definition) is 1. The summed E-state index contributed by atoms with van der Waals surface area (Å²) >= 11 is 3.49. The summed E-state index contributed by atoms with van der Waals surface area (Å²) in [6.45, 7) is 2.08. The summed E-state index contributed by atoms with van der Waals surface area (Å²) in [6.07, 6.45) is 1.87. The largest absolute Gasteiger partial charge is 0.299 e. The van der Waals surface area contributed by atoms with Crippen LogP contribution in [0.1, 0.15) is 5.56 Å². The van der Waals surface area contributed by atoms with Crippen molar-refractivity contribution in [3.05, 3.63) is 58.8 Å². The highest BCUT2D eigenvalue weighted by Gasteiger charge is 2.04. The maximum atomic E-state index is 4.43. The van der Waals surface area contributed by atoms with Gasteiger partial charge in [-0.25, -0.2) is 4.98 Å². The lowest BCUT2D eigenvalue weighted by Gasteiger charge is -2.04. The van der Waals surface area contributed by atoms with Crippen LogP contribution in [0.15, 0.2) is 53.3 Å². The molecule has 0 unspecified atom stereocenters. The van der Waals surface area contributed by atoms with Crippen molar-refractivity contribution in [3.63, 3.8) is 0 Å². The van der Waals surface area contributed by atoms with Crippen molar-refractivity contribution in [2.75, 3.05) is 0 Å². The van der Waals surface area contributed by atoms with Crippen molar-refractivity contribution in [2.24, 2.45) is 0 Å². The van der Waals surface area contributed by atoms with Crippen molar-refractivity contribution in [1.29, 1.82) is 0 Å². The van der Waals surface area contributed by atoms with Crippen molar-refractivity contribution >= 4 is 27.0 Å². The predicted molar refractivity (Wildman–Crippen MR) is 73.5 cm³/mol. The molecule has 0 fully saturated rings. The Hall–Kier alpha value is -1.61. The molecule has 2 aromatic carbocycles. The van der Waals surface area contributed by atoms with E-state index >= 15 is 0 Å². The van der Waals surface area contributed by atoms with Crippen molar-refractivity contribution in [1.82, 2.24) is 9.55 Å². The highest BCUT2D eigenvalue weighted by molar-refractivity contribution is 9.10. The molecule has 3 aromatic rings. The Morgan fingerprint density at radius 3 is 2.82 bits per heavy atom. The molecule has 0 aliphatic heterocycles. The zero-order valence-corrected chi connectivity index (χ0v) is 11.0. The Kier molecular flexibility index (Phi) is 2.48. The molecule has 0 amide bonds. The molecule has 3 heteroatoms. The van der Waals surface area contributed by atoms with Crippen LogP contribution in [0.3, 0.4) is 0 Å². The SMILES string of the molecule is Cc1ccc2c(c1)ncn2-c1cccc(Br)c1. The van der Waals surface area contributed by atoms with E-state index in [0.717, 1.165) is 21.2 Å². The van der Waals surface area contributed by atoms with Crippen LogP contribution in [-0.4, -0.2) is 9.55 Å². The van der Waals surface area contributed by atoms with Crippen LogP contribution in [-0.2, 0) is 0 Å². The van der Waals surface area contributed by atoms with E-state index in [9.17, 15) is 0 Å². The van der Waals surface area contributed by atoms with E-state index in [1.165, 1.54) is 5.56 Å². The minimum absolute atomic E-state index is 1.03. The fourth-order valence-corrected chi connectivity index (χ4v) is 2.34. The molecule has 0 aliphatic carbocycles. The minimum atomic E-state index is 1.03. The molecule has 84 valence electrons. The van der Waals surface area contributed by atoms with Crippen molar-refractivity contribution in [2.45, 2.75) is 6.92 Å². The van der Waals surface area contributed by atoms with E-state index in [4.69, 9.17) is 0 Å². The molecule has 0 radical (unpaired) electrons. The van der Waals surface area contributed by atoms with Crippen LogP contribution in [0.4, 0.5) is 0 Å². The molecule has 0 atom stereocenters. The molecule has 0 saturated heterocycles. The standard InChI is InChI=1S/C14H11BrN2/c1-10-5-6-14-13(7-10)16-9-17(14)12-4-2-3-11(15)8-12/h2-9H,1H3. The number of fused-ring (bicyclic) bond motifs is 1. The van der Waals surface area contributed by atoms with Gasteiger partial charge in [0.1, 0.15) is 6.33 Å². The van der Waals surface area contributed by atoms with Crippen LogP contribution in [0, 0.1) is 6.92 Å². The van der Waals surface area contributed by atoms with Gasteiger partial charge in [-0.1, -0.05) is 28.1 Å². The topological polar surface area (TPSA) is 17.8 Å². The molecule has 1 heterocycles. The maximum absolute atomic E-state index is 4.43. The van der Waals surface area contributed by atoms with Crippen molar-refractivity contribution < 1.29 is 0 Å². The van der Waals surface area contributed by atoms with Crippen LogP contribution in [0.25, 0.3) is 16.7 Å². The highest BCUT2D eigenvalue weighted by atomic mass is 79.9. The molecular formula is C14H11BrN2. The van der Waals surface area contributed by atoms with Gasteiger partial charge >= 0.3 is 0 Å². The second-order valence-electron chi connectivity index (χ2n) is 4.09. The number of nitrogens with zero attached hydrogens (tertiary/aromatic N) is 2. The monoisotopic (exact) mass is 286 g/mol. The molecule has 0 bridgehead atoms. The Balaban J connectivity index is 2.24. The first-order valence-corrected chi connectivity index (χ1v) is 6.23. The molecule has 0 saturated carbocycles. The third-order valence-corrected chi connectivity index (χ3v) is 3.28. The molecule has 3 rings (SSSR count). The van der Waals surface area contributed by atoms with Gasteiger partial charge in [-0.05, 0) is 42.8 Å². The fourth-order valence-electron chi connectivity index (χ4n) is 1.95. The van der Waals surface area contributed by atoms with Gasteiger partial charge in [0.2, 0.25) is 0 Å². The maximum Gasteiger partial charge on any atom is 0.100 e. The molecule has 0 N–H and O–H groups in total. The van der Waals surface area contributed by atoms with Gasteiger partial charge in [0.15, 0.2) is 0 Å². The molecule has 1 aromatic heterocycles. The number of aromatic nitrogens is 2. The third kappa shape index (κ3) is 1.87. The lowest BCUT2D eigenvalue weighted by Crippen LogP contribution is -1.91. The molecular weight excluding hydrogens is 276 g/mol. The smallest absolute Gasteiger partial charge is 0.100 e. The lowest BCUT2D eigenvalue weighted by molar-refractivity contribution is 1.09. The number of aryl methyl sites for hydroxylation is 1. The van der Waals surface area contributed by atoms with E-state index in [1.807, 2.05) is 18.5 Å². The summed E-state index contributed by atoms with van der Waals surface area (Å²) in [5.74, 6) is 0. The quantitative estimate of drug-likeness (QED) is 0.659. The van der Waals surface area contributed by atoms with E-state index in [2.05, 4.69) is 62.7 Å². The van der Waals surface area contributed by atoms with Crippen LogP contribution < -0.4 is 0 Å². The van der Waals surface area contributed by atoms with Gasteiger partial charge in [-0.3, -0.25) is 4.57 Å². The van der Waals surface area contributed by atoms with Crippen LogP contribution in [0.5, 0.6) is 0 Å². The Labute approximate surface area is 108 Å². The lowest BCUT2D eigenvalue weighted by atomic mass is 10.2. The second kappa shape index (κ2) is 4.00. The first-order chi connectivity index (χ1) is 8.24. The summed E-state index contributed by atoms with van der Waals surface area (Å²) in [6, 6.07) is 14.5. The first kappa shape index (κ1) is 10.5. The van der Waals surface area contributed by atoms with Crippen LogP contribution in [0.2, 0.25) is 0 Å². The number of benzene rings is 2. The Bertz CT molecular complexity index is 686. The average molecular weight is 287 g/mol. The molecule has 0 aliphatic rings. The number of halogens is 1. The van der Waals surface area contributed by atoms with Crippen LogP contribution >= 0.6 is 15.9 Å². The molecule has 0 spiro atoms. The Morgan fingerprint density at radius 1 is 1.12 bits per heavy atom. The van der Waals surface area contributed by atoms with Crippen molar-refractivity contribution in [3.8, 4) is 5.69 Å². The fraction of sp³-hybridized carbons (Fsp3) is 0.0714. The summed E-state index contributed by atoms with van der Waals surface area (Å²) in [5, 5.41) is 0. The second-order valence-corrected chi connectivity index (χ2v) is 5.00. The highest BCUT2D eigenvalue weighted by Crippen LogP contribution is 2.21. The summed E-state index contributed by atoms with van der Waals surface area (Å²) < 4.78 is 3.17. The minimum Gasteiger partial charge on any atom is -0.299 e. The number of rotatable bonds is 1. The zero-order chi connectivity index (χ0) is 11.8. The van der Waals surface area contributed by atoms with Gasteiger partial charge in [0.05, 0.1) is 11.0 Å². The number of imidazole rings is 1. The van der Waals surface area contributed by atoms with Gasteiger partial charge in [-0.15, -0.1) is 0 Å². The molecule has 2 nitrogen and oxygen atoms in total. The van der Waals surface area contributed by atoms with Gasteiger partial charge in [-0.2, -0.15) is 0 Å². The summed E-state index contributed by atoms with van der Waals surface area (Å²) in [4.78, 5) is 4.43. The first-order valence-electron chi connectivity index (χ1n) is 5.44. The average Bonchev–Trinajstić information content (AvgIpc) is 2.71. The van der Waals surface area contributed by atoms with Gasteiger partial charge in [0, 0.05) is 10.2 Å². The third-order valence-electron chi connectivity index (χ3n) is 2.79. The van der Waals surface area contributed by atoms with Gasteiger partial charge in [0.25, 0.3) is 0 Å². The van der Waals surface area contributed by atoms with E-state index in [1.54, 1.807) is 0 Å². The van der Waals surface area contributed by atoms with E-state index < -0.39 is 0 Å². The summed E-state index contributed by atoms with van der Waals surface area (Å²) in [7, 11) is 0. The van der Waals surface area contributed by atoms with Gasteiger partial charge < -0.3 is 0 Å². The number of hydrogen-bond donors (Lipinski definition) is 0. The summed E-state index contributed by atoms with van der Waals surface area (Å²) in [5.41, 5.74) is 4.52. The van der Waals surface area contributed by atoms with E-state index in [0.29, 0.717) is 0 Å². The molecule has 17 heavy (non-hydrogen) atoms. The zero-order valence-electron chi connectivity index (χ0n) is 9.39. The normalized spacial score (nSPS) is 10.9.